The first-order valence-corrected chi connectivity index (χ1v) is 7.06. The largest absolute Gasteiger partial charge is 0.394 e. The minimum atomic E-state index is -0.824. The standard InChI is InChI=1S/C15H26N4O2/c1-15(2,10-16)11-18-14(17-8-13(21)9-20)19-12-6-4-3-5-7-12/h3-7,13,20-21H,8-11,16H2,1-2H3,(H2,17,18,19). The molecule has 0 radical (unpaired) electrons. The van der Waals surface area contributed by atoms with Gasteiger partial charge < -0.3 is 26.6 Å². The molecule has 1 rings (SSSR count). The van der Waals surface area contributed by atoms with Gasteiger partial charge in [-0.05, 0) is 24.1 Å². The van der Waals surface area contributed by atoms with Crippen molar-refractivity contribution in [3.8, 4) is 0 Å². The Hall–Kier alpha value is -1.63. The molecule has 6 nitrogen and oxygen atoms in total. The number of hydrogen-bond acceptors (Lipinski definition) is 4. The van der Waals surface area contributed by atoms with E-state index in [1.54, 1.807) is 0 Å². The molecule has 0 bridgehead atoms. The number of anilines is 1. The lowest BCUT2D eigenvalue weighted by Crippen LogP contribution is -2.39. The number of nitrogens with two attached hydrogens (primary N) is 1. The Kier molecular flexibility index (Phi) is 7.14. The van der Waals surface area contributed by atoms with Gasteiger partial charge in [0.05, 0.1) is 12.7 Å². The van der Waals surface area contributed by atoms with Gasteiger partial charge in [-0.15, -0.1) is 0 Å². The molecule has 0 aromatic heterocycles. The second kappa shape index (κ2) is 8.61. The molecule has 118 valence electrons. The quantitative estimate of drug-likeness (QED) is 0.369. The average Bonchev–Trinajstić information content (AvgIpc) is 2.50. The van der Waals surface area contributed by atoms with E-state index in [0.717, 1.165) is 5.69 Å². The van der Waals surface area contributed by atoms with E-state index in [1.807, 2.05) is 44.2 Å². The van der Waals surface area contributed by atoms with Crippen molar-refractivity contribution in [1.29, 1.82) is 0 Å². The van der Waals surface area contributed by atoms with Crippen LogP contribution in [0.4, 0.5) is 5.69 Å². The van der Waals surface area contributed by atoms with Crippen molar-refractivity contribution >= 4 is 11.6 Å². The molecule has 0 spiro atoms. The molecule has 1 aromatic carbocycles. The Morgan fingerprint density at radius 1 is 1.33 bits per heavy atom. The first-order valence-electron chi connectivity index (χ1n) is 7.06. The number of benzene rings is 1. The highest BCUT2D eigenvalue weighted by Crippen LogP contribution is 2.13. The molecule has 0 heterocycles. The molecule has 0 fully saturated rings. The highest BCUT2D eigenvalue weighted by Gasteiger charge is 2.15. The van der Waals surface area contributed by atoms with Crippen LogP contribution in [0.2, 0.25) is 0 Å². The summed E-state index contributed by atoms with van der Waals surface area (Å²) in [4.78, 5) is 4.49. The zero-order chi connectivity index (χ0) is 15.7. The number of aliphatic hydroxyl groups is 2. The Balaban J connectivity index is 2.71. The predicted octanol–water partition coefficient (Wildman–Crippen LogP) is 0.382. The van der Waals surface area contributed by atoms with Crippen molar-refractivity contribution in [3.63, 3.8) is 0 Å². The van der Waals surface area contributed by atoms with Crippen LogP contribution in [0.3, 0.4) is 0 Å². The molecular weight excluding hydrogens is 268 g/mol. The van der Waals surface area contributed by atoms with Crippen molar-refractivity contribution in [1.82, 2.24) is 5.32 Å². The van der Waals surface area contributed by atoms with E-state index in [2.05, 4.69) is 15.6 Å². The summed E-state index contributed by atoms with van der Waals surface area (Å²) in [5, 5.41) is 24.5. The van der Waals surface area contributed by atoms with Crippen molar-refractivity contribution in [2.75, 3.05) is 31.6 Å². The van der Waals surface area contributed by atoms with E-state index < -0.39 is 6.10 Å². The van der Waals surface area contributed by atoms with Crippen LogP contribution in [-0.2, 0) is 0 Å². The summed E-state index contributed by atoms with van der Waals surface area (Å²) in [6.45, 7) is 5.10. The van der Waals surface area contributed by atoms with Crippen LogP contribution in [-0.4, -0.2) is 48.5 Å². The van der Waals surface area contributed by atoms with Crippen molar-refractivity contribution in [2.45, 2.75) is 20.0 Å². The van der Waals surface area contributed by atoms with Crippen LogP contribution in [0.5, 0.6) is 0 Å². The minimum absolute atomic E-state index is 0.0963. The number of aliphatic hydroxyl groups excluding tert-OH is 2. The lowest BCUT2D eigenvalue weighted by molar-refractivity contribution is 0.0982. The normalized spacial score (nSPS) is 13.9. The number of nitrogens with one attached hydrogen (secondary N) is 2. The van der Waals surface area contributed by atoms with E-state index in [0.29, 0.717) is 19.0 Å². The topological polar surface area (TPSA) is 103 Å². The molecular formula is C15H26N4O2. The van der Waals surface area contributed by atoms with E-state index in [-0.39, 0.29) is 18.6 Å². The lowest BCUT2D eigenvalue weighted by atomic mass is 9.94. The van der Waals surface area contributed by atoms with E-state index in [4.69, 9.17) is 10.8 Å². The fraction of sp³-hybridized carbons (Fsp3) is 0.533. The van der Waals surface area contributed by atoms with Gasteiger partial charge in [0.15, 0.2) is 5.96 Å². The van der Waals surface area contributed by atoms with Crippen LogP contribution in [0, 0.1) is 5.41 Å². The molecule has 6 N–H and O–H groups in total. The summed E-state index contributed by atoms with van der Waals surface area (Å²) in [6.07, 6.45) is -0.824. The number of guanidine groups is 1. The number of rotatable bonds is 7. The van der Waals surface area contributed by atoms with Crippen LogP contribution in [0.1, 0.15) is 13.8 Å². The second-order valence-electron chi connectivity index (χ2n) is 5.74. The number of aliphatic imine (C=N–C) groups is 1. The molecule has 1 unspecified atom stereocenters. The molecule has 0 amide bonds. The Labute approximate surface area is 126 Å². The molecule has 0 saturated carbocycles. The summed E-state index contributed by atoms with van der Waals surface area (Å²) in [6, 6.07) is 9.63. The fourth-order valence-electron chi connectivity index (χ4n) is 1.43. The average molecular weight is 294 g/mol. The van der Waals surface area contributed by atoms with Gasteiger partial charge in [-0.25, -0.2) is 0 Å². The highest BCUT2D eigenvalue weighted by atomic mass is 16.3. The van der Waals surface area contributed by atoms with Gasteiger partial charge in [0.1, 0.15) is 0 Å². The molecule has 0 saturated heterocycles. The maximum atomic E-state index is 9.43. The molecule has 6 heteroatoms. The maximum absolute atomic E-state index is 9.43. The minimum Gasteiger partial charge on any atom is -0.394 e. The zero-order valence-electron chi connectivity index (χ0n) is 12.7. The molecule has 1 aromatic rings. The highest BCUT2D eigenvalue weighted by molar-refractivity contribution is 5.93. The fourth-order valence-corrected chi connectivity index (χ4v) is 1.43. The van der Waals surface area contributed by atoms with Crippen LogP contribution in [0.25, 0.3) is 0 Å². The summed E-state index contributed by atoms with van der Waals surface area (Å²) in [5.41, 5.74) is 6.51. The van der Waals surface area contributed by atoms with Gasteiger partial charge in [-0.2, -0.15) is 0 Å². The Morgan fingerprint density at radius 2 is 2.00 bits per heavy atom. The second-order valence-corrected chi connectivity index (χ2v) is 5.74. The van der Waals surface area contributed by atoms with E-state index in [1.165, 1.54) is 0 Å². The smallest absolute Gasteiger partial charge is 0.195 e. The molecule has 0 aliphatic rings. The Morgan fingerprint density at radius 3 is 2.57 bits per heavy atom. The third-order valence-corrected chi connectivity index (χ3v) is 2.97. The lowest BCUT2D eigenvalue weighted by Gasteiger charge is -2.21. The number of hydrogen-bond donors (Lipinski definition) is 5. The van der Waals surface area contributed by atoms with Gasteiger partial charge in [0.25, 0.3) is 0 Å². The monoisotopic (exact) mass is 294 g/mol. The molecule has 0 aliphatic carbocycles. The predicted molar refractivity (Wildman–Crippen MR) is 86.3 cm³/mol. The summed E-state index contributed by atoms with van der Waals surface area (Å²) < 4.78 is 0. The van der Waals surface area contributed by atoms with Crippen molar-refractivity contribution in [2.24, 2.45) is 16.1 Å². The maximum Gasteiger partial charge on any atom is 0.195 e. The number of nitrogens with zero attached hydrogens (tertiary/aromatic N) is 1. The molecule has 1 atom stereocenters. The third kappa shape index (κ3) is 7.08. The summed E-state index contributed by atoms with van der Waals surface area (Å²) in [5.74, 6) is 0.551. The van der Waals surface area contributed by atoms with Crippen LogP contribution in [0.15, 0.2) is 35.3 Å². The summed E-state index contributed by atoms with van der Waals surface area (Å²) >= 11 is 0. The van der Waals surface area contributed by atoms with Gasteiger partial charge >= 0.3 is 0 Å². The van der Waals surface area contributed by atoms with E-state index in [9.17, 15) is 5.11 Å². The molecule has 21 heavy (non-hydrogen) atoms. The van der Waals surface area contributed by atoms with Gasteiger partial charge in [0.2, 0.25) is 0 Å². The first kappa shape index (κ1) is 17.4. The van der Waals surface area contributed by atoms with Crippen molar-refractivity contribution in [3.05, 3.63) is 30.3 Å². The third-order valence-electron chi connectivity index (χ3n) is 2.97. The van der Waals surface area contributed by atoms with Crippen LogP contribution < -0.4 is 16.4 Å². The number of para-hydroxylation sites is 1. The summed E-state index contributed by atoms with van der Waals surface area (Å²) in [7, 11) is 0. The van der Waals surface area contributed by atoms with Gasteiger partial charge in [-0.3, -0.25) is 4.99 Å². The van der Waals surface area contributed by atoms with Crippen molar-refractivity contribution < 1.29 is 10.2 Å². The van der Waals surface area contributed by atoms with Gasteiger partial charge in [0, 0.05) is 18.8 Å². The van der Waals surface area contributed by atoms with Crippen LogP contribution >= 0.6 is 0 Å². The SMILES string of the molecule is CC(C)(CN)CN=C(NCC(O)CO)Nc1ccccc1. The molecule has 0 aliphatic heterocycles. The first-order chi connectivity index (χ1) is 9.96. The van der Waals surface area contributed by atoms with Gasteiger partial charge in [-0.1, -0.05) is 32.0 Å². The Bertz CT molecular complexity index is 435. The zero-order valence-corrected chi connectivity index (χ0v) is 12.7. The van der Waals surface area contributed by atoms with E-state index >= 15 is 0 Å².